The molecule has 0 aliphatic carbocycles. The molecule has 3 aromatic rings. The van der Waals surface area contributed by atoms with Gasteiger partial charge in [-0.15, -0.1) is 0 Å². The van der Waals surface area contributed by atoms with Gasteiger partial charge in [0, 0.05) is 17.4 Å². The average molecular weight is 345 g/mol. The number of fused-ring (bicyclic) bond motifs is 7. The molecule has 26 heavy (non-hydrogen) atoms. The second-order valence-electron chi connectivity index (χ2n) is 5.92. The van der Waals surface area contributed by atoms with Gasteiger partial charge in [-0.2, -0.15) is 0 Å². The van der Waals surface area contributed by atoms with E-state index in [2.05, 4.69) is 15.3 Å². The number of hydrogen-bond donors (Lipinski definition) is 1. The molecule has 0 atom stereocenters. The van der Waals surface area contributed by atoms with E-state index in [-0.39, 0.29) is 0 Å². The van der Waals surface area contributed by atoms with Crippen LogP contribution in [-0.2, 0) is 11.3 Å². The second kappa shape index (κ2) is 7.80. The van der Waals surface area contributed by atoms with Crippen molar-refractivity contribution in [2.75, 3.05) is 18.5 Å². The predicted molar refractivity (Wildman–Crippen MR) is 101 cm³/mol. The Bertz CT molecular complexity index is 924. The molecule has 0 amide bonds. The highest BCUT2D eigenvalue weighted by atomic mass is 16.5. The number of benzene rings is 2. The first-order valence-electron chi connectivity index (χ1n) is 8.52. The van der Waals surface area contributed by atoms with Crippen LogP contribution in [0.1, 0.15) is 5.56 Å². The number of hydrogen-bond acceptors (Lipinski definition) is 5. The van der Waals surface area contributed by atoms with Gasteiger partial charge in [-0.05, 0) is 42.0 Å². The average Bonchev–Trinajstić information content (AvgIpc) is 2.67. The molecule has 1 aliphatic heterocycles. The molecule has 5 nitrogen and oxygen atoms in total. The normalized spacial score (nSPS) is 14.0. The first-order chi connectivity index (χ1) is 12.9. The van der Waals surface area contributed by atoms with Crippen molar-refractivity contribution < 1.29 is 9.47 Å². The molecule has 0 unspecified atom stereocenters. The van der Waals surface area contributed by atoms with Crippen LogP contribution < -0.4 is 10.1 Å². The maximum Gasteiger partial charge on any atom is 0.227 e. The Kier molecular flexibility index (Phi) is 4.89. The molecule has 0 fully saturated rings. The minimum absolute atomic E-state index is 0.499. The van der Waals surface area contributed by atoms with Gasteiger partial charge in [0.05, 0.1) is 18.9 Å². The molecular weight excluding hydrogens is 326 g/mol. The van der Waals surface area contributed by atoms with Crippen LogP contribution in [0.3, 0.4) is 0 Å². The van der Waals surface area contributed by atoms with Crippen molar-refractivity contribution >= 4 is 11.6 Å². The van der Waals surface area contributed by atoms with Crippen molar-refractivity contribution in [2.24, 2.45) is 0 Å². The van der Waals surface area contributed by atoms with Gasteiger partial charge in [-0.1, -0.05) is 30.3 Å². The van der Waals surface area contributed by atoms with Gasteiger partial charge in [-0.3, -0.25) is 0 Å². The molecule has 2 aromatic carbocycles. The summed E-state index contributed by atoms with van der Waals surface area (Å²) in [6.07, 6.45) is 5.69. The van der Waals surface area contributed by atoms with Crippen LogP contribution in [0.5, 0.6) is 5.75 Å². The largest absolute Gasteiger partial charge is 0.490 e. The summed E-state index contributed by atoms with van der Waals surface area (Å²) in [4.78, 5) is 8.95. The number of anilines is 2. The Hall–Kier alpha value is -3.18. The van der Waals surface area contributed by atoms with Crippen LogP contribution in [0.2, 0.25) is 0 Å². The third-order valence-electron chi connectivity index (χ3n) is 3.96. The van der Waals surface area contributed by atoms with Gasteiger partial charge in [0.15, 0.2) is 0 Å². The fourth-order valence-electron chi connectivity index (χ4n) is 2.72. The highest BCUT2D eigenvalue weighted by molar-refractivity contribution is 5.63. The van der Waals surface area contributed by atoms with Crippen LogP contribution in [0.25, 0.3) is 11.3 Å². The molecule has 4 rings (SSSR count). The van der Waals surface area contributed by atoms with Crippen molar-refractivity contribution in [1.82, 2.24) is 9.97 Å². The maximum absolute atomic E-state index is 5.78. The zero-order valence-electron chi connectivity index (χ0n) is 14.3. The van der Waals surface area contributed by atoms with Crippen molar-refractivity contribution in [2.45, 2.75) is 6.61 Å². The van der Waals surface area contributed by atoms with Crippen molar-refractivity contribution in [3.05, 3.63) is 78.5 Å². The Morgan fingerprint density at radius 2 is 1.85 bits per heavy atom. The number of ether oxygens (including phenoxy) is 2. The summed E-state index contributed by atoms with van der Waals surface area (Å²) in [6.45, 7) is 1.59. The fraction of sp³-hybridized carbons (Fsp3) is 0.143. The quantitative estimate of drug-likeness (QED) is 0.614. The topological polar surface area (TPSA) is 56.3 Å². The van der Waals surface area contributed by atoms with Crippen LogP contribution in [-0.4, -0.2) is 23.2 Å². The molecule has 2 heterocycles. The summed E-state index contributed by atoms with van der Waals surface area (Å²) in [5, 5.41) is 3.26. The first kappa shape index (κ1) is 16.3. The molecule has 0 radical (unpaired) electrons. The molecular formula is C21H19N3O2. The minimum atomic E-state index is 0.499. The van der Waals surface area contributed by atoms with E-state index in [0.717, 1.165) is 28.3 Å². The zero-order chi connectivity index (χ0) is 17.6. The number of nitrogens with one attached hydrogen (secondary N) is 1. The van der Waals surface area contributed by atoms with Crippen molar-refractivity contribution in [1.29, 1.82) is 0 Å². The lowest BCUT2D eigenvalue weighted by atomic mass is 10.1. The Balaban J connectivity index is 1.70. The van der Waals surface area contributed by atoms with E-state index in [1.807, 2.05) is 66.7 Å². The second-order valence-corrected chi connectivity index (χ2v) is 5.92. The minimum Gasteiger partial charge on any atom is -0.490 e. The molecule has 1 aromatic heterocycles. The molecule has 5 heteroatoms. The summed E-state index contributed by atoms with van der Waals surface area (Å²) in [7, 11) is 0. The first-order valence-corrected chi connectivity index (χ1v) is 8.52. The summed E-state index contributed by atoms with van der Waals surface area (Å²) >= 11 is 0. The summed E-state index contributed by atoms with van der Waals surface area (Å²) in [5.74, 6) is 1.36. The van der Waals surface area contributed by atoms with E-state index in [1.54, 1.807) is 6.20 Å². The third-order valence-corrected chi connectivity index (χ3v) is 3.96. The monoisotopic (exact) mass is 345 g/mol. The van der Waals surface area contributed by atoms with Crippen LogP contribution in [0.15, 0.2) is 72.9 Å². The lowest BCUT2D eigenvalue weighted by molar-refractivity contribution is 0.148. The van der Waals surface area contributed by atoms with Gasteiger partial charge in [0.2, 0.25) is 5.95 Å². The van der Waals surface area contributed by atoms with E-state index >= 15 is 0 Å². The molecule has 1 N–H and O–H groups in total. The van der Waals surface area contributed by atoms with Crippen LogP contribution in [0, 0.1) is 0 Å². The third kappa shape index (κ3) is 4.07. The summed E-state index contributed by atoms with van der Waals surface area (Å²) in [6, 6.07) is 17.8. The molecule has 1 aliphatic rings. The highest BCUT2D eigenvalue weighted by Crippen LogP contribution is 2.24. The van der Waals surface area contributed by atoms with E-state index in [4.69, 9.17) is 9.47 Å². The molecule has 6 bridgehead atoms. The Labute approximate surface area is 152 Å². The number of nitrogens with zero attached hydrogens (tertiary/aromatic N) is 2. The standard InChI is InChI=1S/C21H19N3O2/c1-2-12-26-19-8-4-6-17(14-19)20-9-10-22-21(24-20)23-18-7-3-5-16(13-18)15-25-11-1/h1-10,13-14H,11-12,15H2,(H,22,23,24). The van der Waals surface area contributed by atoms with Gasteiger partial charge in [-0.25, -0.2) is 9.97 Å². The fourth-order valence-corrected chi connectivity index (χ4v) is 2.72. The molecule has 0 saturated heterocycles. The van der Waals surface area contributed by atoms with Crippen LogP contribution >= 0.6 is 0 Å². The zero-order valence-corrected chi connectivity index (χ0v) is 14.3. The smallest absolute Gasteiger partial charge is 0.227 e. The lowest BCUT2D eigenvalue weighted by Gasteiger charge is -2.09. The summed E-state index contributed by atoms with van der Waals surface area (Å²) < 4.78 is 11.5. The Morgan fingerprint density at radius 1 is 0.923 bits per heavy atom. The predicted octanol–water partition coefficient (Wildman–Crippen LogP) is 4.35. The SMILES string of the molecule is C1=CCOc2cccc(c2)-c2ccnc(n2)Nc2cccc(c2)COC1. The summed E-state index contributed by atoms with van der Waals surface area (Å²) in [5.41, 5.74) is 3.84. The number of aromatic nitrogens is 2. The van der Waals surface area contributed by atoms with E-state index in [9.17, 15) is 0 Å². The van der Waals surface area contributed by atoms with Crippen molar-refractivity contribution in [3.8, 4) is 17.0 Å². The van der Waals surface area contributed by atoms with Crippen LogP contribution in [0.4, 0.5) is 11.6 Å². The molecule has 130 valence electrons. The van der Waals surface area contributed by atoms with E-state index in [1.165, 1.54) is 0 Å². The molecule has 0 spiro atoms. The molecule has 0 saturated carbocycles. The maximum atomic E-state index is 5.78. The van der Waals surface area contributed by atoms with Gasteiger partial charge < -0.3 is 14.8 Å². The highest BCUT2D eigenvalue weighted by Gasteiger charge is 2.05. The van der Waals surface area contributed by atoms with Gasteiger partial charge in [0.25, 0.3) is 0 Å². The van der Waals surface area contributed by atoms with E-state index < -0.39 is 0 Å². The Morgan fingerprint density at radius 3 is 2.85 bits per heavy atom. The lowest BCUT2D eigenvalue weighted by Crippen LogP contribution is -1.99. The van der Waals surface area contributed by atoms with Crippen molar-refractivity contribution in [3.63, 3.8) is 0 Å². The number of rotatable bonds is 0. The van der Waals surface area contributed by atoms with E-state index in [0.29, 0.717) is 25.8 Å². The van der Waals surface area contributed by atoms with Gasteiger partial charge >= 0.3 is 0 Å². The van der Waals surface area contributed by atoms with Gasteiger partial charge in [0.1, 0.15) is 12.4 Å².